The highest BCUT2D eigenvalue weighted by atomic mass is 16.6. The SMILES string of the molecule is C=CCCC(=O)N[C@@H](COC)[C@@H](OC(=O)[C@@H]1[C@@H]2CC[C@]3(O2)[C@H](C(=O)N(CC=C)Cn2nnc4ccccc42)N([C@@H](CO)Cc2ccccc2)C(=O)[C@@H]13)c1ccccc1. The summed E-state index contributed by atoms with van der Waals surface area (Å²) in [6.45, 7) is 7.32. The zero-order valence-electron chi connectivity index (χ0n) is 32.6. The lowest BCUT2D eigenvalue weighted by molar-refractivity contribution is -0.163. The fourth-order valence-electron chi connectivity index (χ4n) is 9.02. The molecule has 3 amide bonds. The molecule has 58 heavy (non-hydrogen) atoms. The molecule has 4 aromatic rings. The Balaban J connectivity index is 1.25. The topological polar surface area (TPSA) is 165 Å². The van der Waals surface area contributed by atoms with Gasteiger partial charge in [-0.05, 0) is 48.9 Å². The van der Waals surface area contributed by atoms with Crippen LogP contribution in [0.25, 0.3) is 11.0 Å². The van der Waals surface area contributed by atoms with Gasteiger partial charge in [-0.1, -0.05) is 90.2 Å². The number of carbonyl (C=O) groups excluding carboxylic acids is 4. The number of esters is 1. The number of fused-ring (bicyclic) bond motifs is 2. The molecule has 0 saturated carbocycles. The molecule has 2 N–H and O–H groups in total. The van der Waals surface area contributed by atoms with E-state index < -0.39 is 72.2 Å². The summed E-state index contributed by atoms with van der Waals surface area (Å²) in [5.41, 5.74) is 1.46. The zero-order chi connectivity index (χ0) is 40.8. The molecule has 304 valence electrons. The molecule has 1 aromatic heterocycles. The van der Waals surface area contributed by atoms with Gasteiger partial charge >= 0.3 is 5.97 Å². The number of allylic oxidation sites excluding steroid dienone is 1. The number of likely N-dealkylation sites (tertiary alicyclic amines) is 1. The van der Waals surface area contributed by atoms with E-state index in [-0.39, 0.29) is 38.6 Å². The highest BCUT2D eigenvalue weighted by Crippen LogP contribution is 2.59. The number of aliphatic hydroxyl groups is 1. The predicted octanol–water partition coefficient (Wildman–Crippen LogP) is 3.76. The highest BCUT2D eigenvalue weighted by molar-refractivity contribution is 5.98. The molecule has 0 aliphatic carbocycles. The third-order valence-corrected chi connectivity index (χ3v) is 11.6. The fraction of sp³-hybridized carbons (Fsp3) is 0.409. The Kier molecular flexibility index (Phi) is 12.5. The second-order valence-corrected chi connectivity index (χ2v) is 15.1. The van der Waals surface area contributed by atoms with Gasteiger partial charge in [-0.15, -0.1) is 18.3 Å². The first kappa shape index (κ1) is 40.5. The van der Waals surface area contributed by atoms with Crippen LogP contribution in [0.2, 0.25) is 0 Å². The minimum Gasteiger partial charge on any atom is -0.455 e. The average Bonchev–Trinajstić information content (AvgIpc) is 4.00. The van der Waals surface area contributed by atoms with E-state index in [0.717, 1.165) is 11.1 Å². The molecule has 7 rings (SSSR count). The number of nitrogens with zero attached hydrogens (tertiary/aromatic N) is 5. The number of carbonyl (C=O) groups is 4. The van der Waals surface area contributed by atoms with E-state index in [1.165, 1.54) is 12.0 Å². The van der Waals surface area contributed by atoms with Crippen molar-refractivity contribution in [2.75, 3.05) is 26.9 Å². The Morgan fingerprint density at radius 3 is 2.48 bits per heavy atom. The number of methoxy groups -OCH3 is 1. The monoisotopic (exact) mass is 790 g/mol. The third-order valence-electron chi connectivity index (χ3n) is 11.6. The number of aliphatic hydroxyl groups excluding tert-OH is 1. The normalized spacial score (nSPS) is 23.6. The molecule has 3 aliphatic rings. The smallest absolute Gasteiger partial charge is 0.313 e. The van der Waals surface area contributed by atoms with E-state index in [2.05, 4.69) is 28.8 Å². The average molecular weight is 791 g/mol. The minimum absolute atomic E-state index is 0.000181. The third kappa shape index (κ3) is 7.79. The van der Waals surface area contributed by atoms with Crippen molar-refractivity contribution in [2.45, 2.75) is 74.7 Å². The summed E-state index contributed by atoms with van der Waals surface area (Å²) in [5, 5.41) is 22.5. The molecule has 4 heterocycles. The van der Waals surface area contributed by atoms with Crippen molar-refractivity contribution in [3.05, 3.63) is 121 Å². The maximum absolute atomic E-state index is 15.2. The van der Waals surface area contributed by atoms with Crippen molar-refractivity contribution in [1.82, 2.24) is 30.1 Å². The van der Waals surface area contributed by atoms with Gasteiger partial charge in [-0.3, -0.25) is 19.2 Å². The quantitative estimate of drug-likeness (QED) is 0.106. The van der Waals surface area contributed by atoms with Crippen LogP contribution in [-0.4, -0.2) is 110 Å². The molecule has 8 atom stereocenters. The molecule has 0 unspecified atom stereocenters. The van der Waals surface area contributed by atoms with Crippen molar-refractivity contribution in [3.63, 3.8) is 0 Å². The first-order chi connectivity index (χ1) is 28.2. The van der Waals surface area contributed by atoms with Crippen molar-refractivity contribution < 1.29 is 38.5 Å². The summed E-state index contributed by atoms with van der Waals surface area (Å²) in [6.07, 6.45) is 3.19. The van der Waals surface area contributed by atoms with Crippen LogP contribution in [0.5, 0.6) is 0 Å². The van der Waals surface area contributed by atoms with Gasteiger partial charge in [-0.25, -0.2) is 4.68 Å². The maximum Gasteiger partial charge on any atom is 0.313 e. The van der Waals surface area contributed by atoms with Crippen molar-refractivity contribution in [2.24, 2.45) is 11.8 Å². The van der Waals surface area contributed by atoms with E-state index in [9.17, 15) is 14.7 Å². The van der Waals surface area contributed by atoms with Gasteiger partial charge in [0.25, 0.3) is 0 Å². The van der Waals surface area contributed by atoms with Crippen molar-refractivity contribution >= 4 is 34.7 Å². The van der Waals surface area contributed by atoms with Crippen LogP contribution in [0.1, 0.15) is 42.9 Å². The fourth-order valence-corrected chi connectivity index (χ4v) is 9.02. The standard InChI is InChI=1S/C44H50N6O8/c1-4-6-21-36(52)45-33(27-56-3)39(30-17-11-8-12-18-30)57-43(55)37-35-22-23-44(58-35)38(37)41(53)50(31(26-51)25-29-15-9-7-10-16-29)40(44)42(54)48(24-5-2)28-49-34-20-14-13-19-32(34)46-47-49/h4-5,7-20,31,33,35,37-40,51H,1-2,6,21-28H2,3H3,(H,45,52)/t31-,33+,35+,37-,38-,39+,40+,44-/m1/s1. The lowest BCUT2D eigenvalue weighted by atomic mass is 9.70. The van der Waals surface area contributed by atoms with Crippen LogP contribution in [0.15, 0.2) is 110 Å². The van der Waals surface area contributed by atoms with Gasteiger partial charge < -0.3 is 34.4 Å². The van der Waals surface area contributed by atoms with Gasteiger partial charge in [0.05, 0.1) is 48.8 Å². The molecule has 2 bridgehead atoms. The first-order valence-corrected chi connectivity index (χ1v) is 19.7. The number of hydrogen-bond acceptors (Lipinski definition) is 10. The number of benzene rings is 3. The highest BCUT2D eigenvalue weighted by Gasteiger charge is 2.75. The summed E-state index contributed by atoms with van der Waals surface area (Å²) >= 11 is 0. The molecule has 3 saturated heterocycles. The second-order valence-electron chi connectivity index (χ2n) is 15.1. The van der Waals surface area contributed by atoms with E-state index in [0.29, 0.717) is 30.3 Å². The number of para-hydroxylation sites is 1. The summed E-state index contributed by atoms with van der Waals surface area (Å²) in [4.78, 5) is 61.1. The van der Waals surface area contributed by atoms with E-state index in [1.54, 1.807) is 33.9 Å². The molecular weight excluding hydrogens is 741 g/mol. The Hall–Kier alpha value is -5.70. The Labute approximate surface area is 337 Å². The lowest BCUT2D eigenvalue weighted by Crippen LogP contribution is -2.59. The van der Waals surface area contributed by atoms with Crippen molar-refractivity contribution in [3.8, 4) is 0 Å². The van der Waals surface area contributed by atoms with E-state index in [1.807, 2.05) is 72.8 Å². The van der Waals surface area contributed by atoms with Crippen LogP contribution in [0.3, 0.4) is 0 Å². The number of hydrogen-bond donors (Lipinski definition) is 2. The largest absolute Gasteiger partial charge is 0.455 e. The summed E-state index contributed by atoms with van der Waals surface area (Å²) in [5.74, 6) is -4.01. The maximum atomic E-state index is 15.2. The van der Waals surface area contributed by atoms with Crippen LogP contribution in [0.4, 0.5) is 0 Å². The van der Waals surface area contributed by atoms with Crippen LogP contribution in [-0.2, 0) is 46.5 Å². The summed E-state index contributed by atoms with van der Waals surface area (Å²) < 4.78 is 20.3. The van der Waals surface area contributed by atoms with Gasteiger partial charge in [0.15, 0.2) is 0 Å². The molecule has 0 radical (unpaired) electrons. The van der Waals surface area contributed by atoms with Gasteiger partial charge in [0.2, 0.25) is 17.7 Å². The minimum atomic E-state index is -1.40. The molecular formula is C44H50N6O8. The van der Waals surface area contributed by atoms with Crippen LogP contribution in [0, 0.1) is 11.8 Å². The molecule has 3 aromatic carbocycles. The Bertz CT molecular complexity index is 2110. The summed E-state index contributed by atoms with van der Waals surface area (Å²) in [6, 6.07) is 23.1. The lowest BCUT2D eigenvalue weighted by Gasteiger charge is -2.39. The Morgan fingerprint density at radius 2 is 1.78 bits per heavy atom. The number of aromatic nitrogens is 3. The molecule has 14 heteroatoms. The van der Waals surface area contributed by atoms with Gasteiger partial charge in [0.1, 0.15) is 29.9 Å². The second kappa shape index (κ2) is 17.8. The first-order valence-electron chi connectivity index (χ1n) is 19.7. The number of amides is 3. The van der Waals surface area contributed by atoms with Crippen molar-refractivity contribution in [1.29, 1.82) is 0 Å². The molecule has 1 spiro atoms. The number of nitrogens with one attached hydrogen (secondary N) is 1. The zero-order valence-corrected chi connectivity index (χ0v) is 32.6. The number of ether oxygens (including phenoxy) is 3. The van der Waals surface area contributed by atoms with E-state index in [4.69, 9.17) is 14.2 Å². The van der Waals surface area contributed by atoms with Crippen LogP contribution >= 0.6 is 0 Å². The molecule has 3 fully saturated rings. The predicted molar refractivity (Wildman–Crippen MR) is 213 cm³/mol. The number of rotatable bonds is 19. The van der Waals surface area contributed by atoms with Crippen LogP contribution < -0.4 is 5.32 Å². The summed E-state index contributed by atoms with van der Waals surface area (Å²) in [7, 11) is 1.50. The Morgan fingerprint density at radius 1 is 1.05 bits per heavy atom. The van der Waals surface area contributed by atoms with E-state index >= 15 is 9.59 Å². The molecule has 3 aliphatic heterocycles. The van der Waals surface area contributed by atoms with Gasteiger partial charge in [0, 0.05) is 20.1 Å². The molecule has 14 nitrogen and oxygen atoms in total. The van der Waals surface area contributed by atoms with Gasteiger partial charge in [-0.2, -0.15) is 0 Å².